The highest BCUT2D eigenvalue weighted by Crippen LogP contribution is 2.25. The van der Waals surface area contributed by atoms with E-state index in [1.54, 1.807) is 0 Å². The Balaban J connectivity index is 1.66. The Hall–Kier alpha value is -2.33. The molecule has 1 N–H and O–H groups in total. The van der Waals surface area contributed by atoms with Crippen LogP contribution < -0.4 is 4.74 Å². The number of aliphatic hydroxyl groups is 1. The Labute approximate surface area is 142 Å². The van der Waals surface area contributed by atoms with Crippen molar-refractivity contribution in [1.29, 1.82) is 0 Å². The number of ether oxygens (including phenoxy) is 1. The standard InChI is InChI=1S/C20H23NO3/c1-2-24-18-9-8-15-10-11-21(14-17(15)12-18)20(23)13-19(22)16-6-4-3-5-7-16/h3-9,12,19,22H,2,10-11,13-14H2,1H3. The van der Waals surface area contributed by atoms with Crippen LogP contribution in [-0.4, -0.2) is 29.1 Å². The molecule has 0 radical (unpaired) electrons. The van der Waals surface area contributed by atoms with Crippen LogP contribution in [0.25, 0.3) is 0 Å². The molecule has 24 heavy (non-hydrogen) atoms. The SMILES string of the molecule is CCOc1ccc2c(c1)CN(C(=O)CC(O)c1ccccc1)CC2. The van der Waals surface area contributed by atoms with Crippen molar-refractivity contribution < 1.29 is 14.6 Å². The van der Waals surface area contributed by atoms with Gasteiger partial charge in [-0.25, -0.2) is 0 Å². The minimum atomic E-state index is -0.755. The molecule has 0 bridgehead atoms. The normalized spacial score (nSPS) is 14.8. The van der Waals surface area contributed by atoms with Crippen molar-refractivity contribution in [2.45, 2.75) is 32.4 Å². The fraction of sp³-hybridized carbons (Fsp3) is 0.350. The zero-order chi connectivity index (χ0) is 16.9. The number of fused-ring (bicyclic) bond motifs is 1. The second-order valence-electron chi connectivity index (χ2n) is 6.06. The molecule has 4 heteroatoms. The maximum absolute atomic E-state index is 12.5. The van der Waals surface area contributed by atoms with Gasteiger partial charge in [0.25, 0.3) is 0 Å². The second kappa shape index (κ2) is 7.49. The second-order valence-corrected chi connectivity index (χ2v) is 6.06. The van der Waals surface area contributed by atoms with Gasteiger partial charge in [-0.1, -0.05) is 36.4 Å². The fourth-order valence-electron chi connectivity index (χ4n) is 3.09. The van der Waals surface area contributed by atoms with Crippen LogP contribution in [0.4, 0.5) is 0 Å². The molecule has 1 heterocycles. The van der Waals surface area contributed by atoms with E-state index < -0.39 is 6.10 Å². The molecule has 1 unspecified atom stereocenters. The minimum absolute atomic E-state index is 0.0150. The molecule has 0 saturated carbocycles. The van der Waals surface area contributed by atoms with Crippen LogP contribution in [0.15, 0.2) is 48.5 Å². The van der Waals surface area contributed by atoms with Crippen LogP contribution in [0.2, 0.25) is 0 Å². The molecule has 1 atom stereocenters. The maximum Gasteiger partial charge on any atom is 0.225 e. The van der Waals surface area contributed by atoms with Gasteiger partial charge < -0.3 is 14.7 Å². The lowest BCUT2D eigenvalue weighted by atomic mass is 9.98. The molecule has 2 aromatic rings. The van der Waals surface area contributed by atoms with E-state index in [9.17, 15) is 9.90 Å². The van der Waals surface area contributed by atoms with E-state index >= 15 is 0 Å². The van der Waals surface area contributed by atoms with Gasteiger partial charge in [0.15, 0.2) is 0 Å². The van der Waals surface area contributed by atoms with Crippen LogP contribution in [0.3, 0.4) is 0 Å². The first-order chi connectivity index (χ1) is 11.7. The van der Waals surface area contributed by atoms with E-state index in [2.05, 4.69) is 6.07 Å². The molecule has 2 aromatic carbocycles. The average molecular weight is 325 g/mol. The molecular formula is C20H23NO3. The zero-order valence-electron chi connectivity index (χ0n) is 13.9. The first-order valence-corrected chi connectivity index (χ1v) is 8.42. The van der Waals surface area contributed by atoms with Crippen molar-refractivity contribution in [2.24, 2.45) is 0 Å². The van der Waals surface area contributed by atoms with Crippen LogP contribution in [0.1, 0.15) is 36.1 Å². The summed E-state index contributed by atoms with van der Waals surface area (Å²) in [5.41, 5.74) is 3.18. The lowest BCUT2D eigenvalue weighted by Gasteiger charge is -2.30. The summed E-state index contributed by atoms with van der Waals surface area (Å²) >= 11 is 0. The molecule has 1 aliphatic heterocycles. The number of nitrogens with zero attached hydrogens (tertiary/aromatic N) is 1. The molecule has 0 aromatic heterocycles. The van der Waals surface area contributed by atoms with Gasteiger partial charge in [-0.05, 0) is 42.2 Å². The summed E-state index contributed by atoms with van der Waals surface area (Å²) in [4.78, 5) is 14.4. The highest BCUT2D eigenvalue weighted by Gasteiger charge is 2.23. The van der Waals surface area contributed by atoms with Gasteiger partial charge in [-0.3, -0.25) is 4.79 Å². The third-order valence-electron chi connectivity index (χ3n) is 4.41. The van der Waals surface area contributed by atoms with E-state index in [0.29, 0.717) is 19.7 Å². The highest BCUT2D eigenvalue weighted by atomic mass is 16.5. The number of rotatable bonds is 5. The summed E-state index contributed by atoms with van der Waals surface area (Å²) in [6, 6.07) is 15.4. The number of amides is 1. The van der Waals surface area contributed by atoms with Crippen molar-refractivity contribution >= 4 is 5.91 Å². The summed E-state index contributed by atoms with van der Waals surface area (Å²) in [5.74, 6) is 0.827. The van der Waals surface area contributed by atoms with Crippen molar-refractivity contribution in [3.8, 4) is 5.75 Å². The summed E-state index contributed by atoms with van der Waals surface area (Å²) in [6.07, 6.45) is 0.203. The van der Waals surface area contributed by atoms with Gasteiger partial charge in [-0.15, -0.1) is 0 Å². The molecule has 1 aliphatic rings. The molecule has 0 spiro atoms. The Kier molecular flexibility index (Phi) is 5.16. The number of hydrogen-bond acceptors (Lipinski definition) is 3. The smallest absolute Gasteiger partial charge is 0.225 e. The van der Waals surface area contributed by atoms with E-state index in [0.717, 1.165) is 23.3 Å². The third kappa shape index (κ3) is 3.77. The molecule has 1 amide bonds. The van der Waals surface area contributed by atoms with Crippen molar-refractivity contribution in [3.05, 3.63) is 65.2 Å². The minimum Gasteiger partial charge on any atom is -0.494 e. The van der Waals surface area contributed by atoms with Crippen LogP contribution in [0, 0.1) is 0 Å². The van der Waals surface area contributed by atoms with E-state index in [1.807, 2.05) is 54.3 Å². The van der Waals surface area contributed by atoms with Gasteiger partial charge in [0.2, 0.25) is 5.91 Å². The largest absolute Gasteiger partial charge is 0.494 e. The summed E-state index contributed by atoms with van der Waals surface area (Å²) in [7, 11) is 0. The monoisotopic (exact) mass is 325 g/mol. The number of hydrogen-bond donors (Lipinski definition) is 1. The molecule has 0 fully saturated rings. The molecular weight excluding hydrogens is 302 g/mol. The molecule has 0 saturated heterocycles. The summed E-state index contributed by atoms with van der Waals surface area (Å²) < 4.78 is 5.55. The fourth-order valence-corrected chi connectivity index (χ4v) is 3.09. The Morgan fingerprint density at radius 1 is 1.21 bits per heavy atom. The Morgan fingerprint density at radius 3 is 2.75 bits per heavy atom. The van der Waals surface area contributed by atoms with Crippen LogP contribution in [-0.2, 0) is 17.8 Å². The predicted molar refractivity (Wildman–Crippen MR) is 92.8 cm³/mol. The molecule has 0 aliphatic carbocycles. The van der Waals surface area contributed by atoms with Crippen molar-refractivity contribution in [2.75, 3.05) is 13.2 Å². The van der Waals surface area contributed by atoms with Gasteiger partial charge in [0.05, 0.1) is 19.1 Å². The number of aliphatic hydroxyl groups excluding tert-OH is 1. The Bertz CT molecular complexity index is 699. The molecule has 3 rings (SSSR count). The van der Waals surface area contributed by atoms with Gasteiger partial charge in [0.1, 0.15) is 5.75 Å². The third-order valence-corrected chi connectivity index (χ3v) is 4.41. The van der Waals surface area contributed by atoms with Gasteiger partial charge >= 0.3 is 0 Å². The predicted octanol–water partition coefficient (Wildman–Crippen LogP) is 3.09. The van der Waals surface area contributed by atoms with Crippen molar-refractivity contribution in [1.82, 2.24) is 4.90 Å². The van der Waals surface area contributed by atoms with E-state index in [4.69, 9.17) is 4.74 Å². The number of carbonyl (C=O) groups excluding carboxylic acids is 1. The number of benzene rings is 2. The van der Waals surface area contributed by atoms with Crippen molar-refractivity contribution in [3.63, 3.8) is 0 Å². The van der Waals surface area contributed by atoms with Gasteiger partial charge in [0, 0.05) is 13.1 Å². The van der Waals surface area contributed by atoms with Crippen LogP contribution in [0.5, 0.6) is 5.75 Å². The molecule has 4 nitrogen and oxygen atoms in total. The average Bonchev–Trinajstić information content (AvgIpc) is 2.62. The summed E-state index contributed by atoms with van der Waals surface area (Å²) in [6.45, 7) is 3.86. The first kappa shape index (κ1) is 16.5. The summed E-state index contributed by atoms with van der Waals surface area (Å²) in [5, 5.41) is 10.3. The quantitative estimate of drug-likeness (QED) is 0.919. The van der Waals surface area contributed by atoms with Crippen LogP contribution >= 0.6 is 0 Å². The Morgan fingerprint density at radius 2 is 2.00 bits per heavy atom. The van der Waals surface area contributed by atoms with Gasteiger partial charge in [-0.2, -0.15) is 0 Å². The highest BCUT2D eigenvalue weighted by molar-refractivity contribution is 5.77. The van der Waals surface area contributed by atoms with E-state index in [1.165, 1.54) is 5.56 Å². The lowest BCUT2D eigenvalue weighted by Crippen LogP contribution is -2.36. The van der Waals surface area contributed by atoms with E-state index in [-0.39, 0.29) is 12.3 Å². The first-order valence-electron chi connectivity index (χ1n) is 8.42. The number of carbonyl (C=O) groups is 1. The lowest BCUT2D eigenvalue weighted by molar-refractivity contribution is -0.134. The maximum atomic E-state index is 12.5. The molecule has 126 valence electrons. The topological polar surface area (TPSA) is 49.8 Å². The zero-order valence-corrected chi connectivity index (χ0v) is 13.9.